The fourth-order valence-corrected chi connectivity index (χ4v) is 3.37. The summed E-state index contributed by atoms with van der Waals surface area (Å²) in [6, 6.07) is 6.79. The minimum Gasteiger partial charge on any atom is -0.493 e. The number of halogens is 3. The summed E-state index contributed by atoms with van der Waals surface area (Å²) in [5, 5.41) is 9.52. The molecule has 154 valence electrons. The number of aromatic nitrogens is 1. The molecule has 0 aliphatic carbocycles. The van der Waals surface area contributed by atoms with Crippen molar-refractivity contribution in [2.45, 2.75) is 12.6 Å². The van der Waals surface area contributed by atoms with Gasteiger partial charge in [-0.15, -0.1) is 0 Å². The topological polar surface area (TPSA) is 80.8 Å². The molecule has 0 saturated heterocycles. The number of nitrogens with one attached hydrogen (secondary N) is 1. The molecule has 0 aliphatic heterocycles. The second-order valence-corrected chi connectivity index (χ2v) is 6.16. The summed E-state index contributed by atoms with van der Waals surface area (Å²) in [6.45, 7) is 0. The van der Waals surface area contributed by atoms with Gasteiger partial charge < -0.3 is 24.3 Å². The molecule has 1 heterocycles. The van der Waals surface area contributed by atoms with Gasteiger partial charge >= 0.3 is 12.1 Å². The van der Waals surface area contributed by atoms with Gasteiger partial charge in [-0.05, 0) is 23.8 Å². The van der Waals surface area contributed by atoms with Crippen molar-refractivity contribution in [3.05, 3.63) is 41.5 Å². The Kier molecular flexibility index (Phi) is 5.32. The second-order valence-electron chi connectivity index (χ2n) is 6.16. The summed E-state index contributed by atoms with van der Waals surface area (Å²) in [6.07, 6.45) is -5.09. The van der Waals surface area contributed by atoms with Crippen LogP contribution in [-0.2, 0) is 17.4 Å². The third-order valence-electron chi connectivity index (χ3n) is 4.55. The highest BCUT2D eigenvalue weighted by molar-refractivity contribution is 5.97. The maximum Gasteiger partial charge on any atom is 0.418 e. The molecule has 1 aromatic heterocycles. The zero-order valence-corrected chi connectivity index (χ0v) is 15.8. The largest absolute Gasteiger partial charge is 0.493 e. The molecule has 0 atom stereocenters. The first kappa shape index (κ1) is 20.4. The van der Waals surface area contributed by atoms with Crippen molar-refractivity contribution in [2.24, 2.45) is 0 Å². The summed E-state index contributed by atoms with van der Waals surface area (Å²) in [5.74, 6) is -0.369. The van der Waals surface area contributed by atoms with Gasteiger partial charge in [0, 0.05) is 10.9 Å². The Balaban J connectivity index is 2.39. The van der Waals surface area contributed by atoms with Crippen LogP contribution < -0.4 is 14.2 Å². The Labute approximate surface area is 163 Å². The van der Waals surface area contributed by atoms with Gasteiger partial charge in [0.05, 0.1) is 44.5 Å². The zero-order chi connectivity index (χ0) is 21.3. The van der Waals surface area contributed by atoms with E-state index in [4.69, 9.17) is 14.2 Å². The molecule has 0 amide bonds. The first-order valence-corrected chi connectivity index (χ1v) is 8.44. The van der Waals surface area contributed by atoms with Crippen LogP contribution in [0.4, 0.5) is 13.2 Å². The number of fused-ring (bicyclic) bond motifs is 1. The molecule has 0 fully saturated rings. The number of hydrogen-bond donors (Lipinski definition) is 2. The van der Waals surface area contributed by atoms with E-state index in [2.05, 4.69) is 4.98 Å². The van der Waals surface area contributed by atoms with E-state index in [1.807, 2.05) is 0 Å². The van der Waals surface area contributed by atoms with Gasteiger partial charge in [-0.3, -0.25) is 4.79 Å². The molecule has 29 heavy (non-hydrogen) atoms. The molecule has 0 aliphatic rings. The van der Waals surface area contributed by atoms with Gasteiger partial charge in [0.25, 0.3) is 0 Å². The number of methoxy groups -OCH3 is 3. The van der Waals surface area contributed by atoms with Crippen molar-refractivity contribution in [3.8, 4) is 28.5 Å². The van der Waals surface area contributed by atoms with Gasteiger partial charge in [0.15, 0.2) is 11.5 Å². The van der Waals surface area contributed by atoms with Crippen LogP contribution in [0.3, 0.4) is 0 Å². The lowest BCUT2D eigenvalue weighted by Gasteiger charge is -2.16. The van der Waals surface area contributed by atoms with Gasteiger partial charge in [0.1, 0.15) is 0 Å². The fourth-order valence-electron chi connectivity index (χ4n) is 3.37. The molecule has 0 spiro atoms. The predicted molar refractivity (Wildman–Crippen MR) is 99.7 cm³/mol. The summed E-state index contributed by atoms with van der Waals surface area (Å²) in [7, 11) is 4.21. The van der Waals surface area contributed by atoms with Crippen molar-refractivity contribution >= 4 is 16.9 Å². The van der Waals surface area contributed by atoms with Crippen molar-refractivity contribution in [3.63, 3.8) is 0 Å². The summed E-state index contributed by atoms with van der Waals surface area (Å²) >= 11 is 0. The quantitative estimate of drug-likeness (QED) is 0.626. The first-order chi connectivity index (χ1) is 13.7. The zero-order valence-electron chi connectivity index (χ0n) is 15.8. The van der Waals surface area contributed by atoms with Crippen LogP contribution in [0.25, 0.3) is 22.2 Å². The predicted octanol–water partition coefficient (Wildman–Crippen LogP) is 4.51. The average Bonchev–Trinajstić information content (AvgIpc) is 3.03. The number of aliphatic carboxylic acids is 1. The molecule has 0 saturated carbocycles. The third-order valence-corrected chi connectivity index (χ3v) is 4.55. The minimum atomic E-state index is -4.61. The van der Waals surface area contributed by atoms with Crippen molar-refractivity contribution in [2.75, 3.05) is 21.3 Å². The van der Waals surface area contributed by atoms with Crippen molar-refractivity contribution in [1.29, 1.82) is 0 Å². The smallest absolute Gasteiger partial charge is 0.418 e. The number of carbonyl (C=O) groups is 1. The van der Waals surface area contributed by atoms with Crippen LogP contribution in [0.5, 0.6) is 17.2 Å². The number of ether oxygens (including phenoxy) is 3. The van der Waals surface area contributed by atoms with Crippen molar-refractivity contribution < 1.29 is 37.3 Å². The molecule has 9 heteroatoms. The van der Waals surface area contributed by atoms with Crippen LogP contribution in [0.15, 0.2) is 30.3 Å². The number of rotatable bonds is 6. The van der Waals surface area contributed by atoms with E-state index < -0.39 is 24.1 Å². The molecule has 0 radical (unpaired) electrons. The maximum absolute atomic E-state index is 13.5. The van der Waals surface area contributed by atoms with E-state index in [1.54, 1.807) is 12.1 Å². The highest BCUT2D eigenvalue weighted by Gasteiger charge is 2.34. The summed E-state index contributed by atoms with van der Waals surface area (Å²) < 4.78 is 56.5. The number of carboxylic acid groups (broad SMARTS) is 1. The van der Waals surface area contributed by atoms with E-state index in [-0.39, 0.29) is 33.7 Å². The average molecular weight is 409 g/mol. The van der Waals surface area contributed by atoms with Crippen LogP contribution in [0.1, 0.15) is 11.1 Å². The Morgan fingerprint density at radius 2 is 1.72 bits per heavy atom. The Morgan fingerprint density at radius 1 is 1.03 bits per heavy atom. The molecule has 0 bridgehead atoms. The number of H-pyrrole nitrogens is 1. The van der Waals surface area contributed by atoms with E-state index in [9.17, 15) is 23.1 Å². The van der Waals surface area contributed by atoms with Gasteiger partial charge in [-0.1, -0.05) is 12.1 Å². The maximum atomic E-state index is 13.5. The fraction of sp³-hybridized carbons (Fsp3) is 0.250. The molecule has 0 unspecified atom stereocenters. The lowest BCUT2D eigenvalue weighted by molar-refractivity contribution is -0.137. The third kappa shape index (κ3) is 3.55. The van der Waals surface area contributed by atoms with E-state index in [1.165, 1.54) is 33.5 Å². The first-order valence-electron chi connectivity index (χ1n) is 8.44. The molecular weight excluding hydrogens is 391 g/mol. The number of carboxylic acids is 1. The SMILES string of the molecule is COc1ccc(-c2[nH]c3c(C(F)(F)F)cccc3c2CC(=O)O)c(OC)c1OC. The van der Waals surface area contributed by atoms with E-state index in [0.29, 0.717) is 11.3 Å². The highest BCUT2D eigenvalue weighted by atomic mass is 19.4. The number of para-hydroxylation sites is 1. The Morgan fingerprint density at radius 3 is 2.28 bits per heavy atom. The molecular formula is C20H18F3NO5. The van der Waals surface area contributed by atoms with E-state index in [0.717, 1.165) is 6.07 Å². The monoisotopic (exact) mass is 409 g/mol. The van der Waals surface area contributed by atoms with Crippen molar-refractivity contribution in [1.82, 2.24) is 4.98 Å². The number of alkyl halides is 3. The highest BCUT2D eigenvalue weighted by Crippen LogP contribution is 2.47. The van der Waals surface area contributed by atoms with Gasteiger partial charge in [-0.25, -0.2) is 0 Å². The minimum absolute atomic E-state index is 0.175. The van der Waals surface area contributed by atoms with Crippen LogP contribution in [0, 0.1) is 0 Å². The molecule has 2 N–H and O–H groups in total. The van der Waals surface area contributed by atoms with Crippen LogP contribution >= 0.6 is 0 Å². The normalized spacial score (nSPS) is 11.5. The van der Waals surface area contributed by atoms with Crippen LogP contribution in [0.2, 0.25) is 0 Å². The number of benzene rings is 2. The molecule has 6 nitrogen and oxygen atoms in total. The number of aromatic amines is 1. The van der Waals surface area contributed by atoms with Gasteiger partial charge in [-0.2, -0.15) is 13.2 Å². The Bertz CT molecular complexity index is 1070. The standard InChI is InChI=1S/C20H18F3NO5/c1-27-14-8-7-11(18(28-2)19(14)29-3)16-12(9-15(25)26)10-5-4-6-13(17(10)24-16)20(21,22)23/h4-8,24H,9H2,1-3H3,(H,25,26). The second kappa shape index (κ2) is 7.57. The molecule has 3 aromatic rings. The lowest BCUT2D eigenvalue weighted by Crippen LogP contribution is -2.05. The number of hydrogen-bond acceptors (Lipinski definition) is 4. The summed E-state index contributed by atoms with van der Waals surface area (Å²) in [4.78, 5) is 14.2. The summed E-state index contributed by atoms with van der Waals surface area (Å²) in [5.41, 5.74) is -0.304. The Hall–Kier alpha value is -3.36. The molecule has 2 aromatic carbocycles. The molecule has 3 rings (SSSR count). The lowest BCUT2D eigenvalue weighted by atomic mass is 10.0. The van der Waals surface area contributed by atoms with Gasteiger partial charge in [0.2, 0.25) is 5.75 Å². The van der Waals surface area contributed by atoms with E-state index >= 15 is 0 Å². The van der Waals surface area contributed by atoms with Crippen LogP contribution in [-0.4, -0.2) is 37.4 Å².